The lowest BCUT2D eigenvalue weighted by atomic mass is 9.93. The fourth-order valence-electron chi connectivity index (χ4n) is 2.84. The SMILES string of the molecule is C[C@]1(O[C@H]2OC(CO)[C@@H](O)C(O)C2N)OC(CO)[C@@H](O)[C@H](O)C1O. The third-order valence-electron chi connectivity index (χ3n) is 4.44. The molecule has 0 radical (unpaired) electrons. The summed E-state index contributed by atoms with van der Waals surface area (Å²) in [6.45, 7) is -0.0372. The average molecular weight is 355 g/mol. The van der Waals surface area contributed by atoms with E-state index >= 15 is 0 Å². The zero-order valence-electron chi connectivity index (χ0n) is 13.0. The van der Waals surface area contributed by atoms with Crippen LogP contribution in [-0.4, -0.2) is 110 Å². The van der Waals surface area contributed by atoms with E-state index < -0.39 is 74.1 Å². The van der Waals surface area contributed by atoms with Gasteiger partial charge in [0.2, 0.25) is 0 Å². The number of aliphatic hydroxyl groups is 7. The molecule has 10 atom stereocenters. The van der Waals surface area contributed by atoms with Crippen LogP contribution in [0.15, 0.2) is 0 Å². The van der Waals surface area contributed by atoms with Crippen molar-refractivity contribution < 1.29 is 50.0 Å². The second kappa shape index (κ2) is 7.43. The lowest BCUT2D eigenvalue weighted by molar-refractivity contribution is -0.406. The Kier molecular flexibility index (Phi) is 6.16. The minimum Gasteiger partial charge on any atom is -0.394 e. The first-order valence-corrected chi connectivity index (χ1v) is 7.55. The predicted molar refractivity (Wildman–Crippen MR) is 75.2 cm³/mol. The molecule has 24 heavy (non-hydrogen) atoms. The molecule has 0 amide bonds. The van der Waals surface area contributed by atoms with Crippen LogP contribution < -0.4 is 5.73 Å². The van der Waals surface area contributed by atoms with Gasteiger partial charge in [0.25, 0.3) is 0 Å². The monoisotopic (exact) mass is 355 g/mol. The fraction of sp³-hybridized carbons (Fsp3) is 1.00. The highest BCUT2D eigenvalue weighted by molar-refractivity contribution is 4.97. The van der Waals surface area contributed by atoms with Crippen molar-refractivity contribution in [3.8, 4) is 0 Å². The Bertz CT molecular complexity index is 424. The summed E-state index contributed by atoms with van der Waals surface area (Å²) in [6.07, 6.45) is -11.7. The van der Waals surface area contributed by atoms with Crippen molar-refractivity contribution in [2.45, 2.75) is 67.8 Å². The third-order valence-corrected chi connectivity index (χ3v) is 4.44. The topological polar surface area (TPSA) is 195 Å². The summed E-state index contributed by atoms with van der Waals surface area (Å²) in [4.78, 5) is 0. The zero-order chi connectivity index (χ0) is 18.2. The van der Waals surface area contributed by atoms with Crippen LogP contribution in [0.4, 0.5) is 0 Å². The van der Waals surface area contributed by atoms with E-state index in [1.165, 1.54) is 6.92 Å². The lowest BCUT2D eigenvalue weighted by Crippen LogP contribution is -2.69. The molecule has 2 heterocycles. The molecule has 2 rings (SSSR count). The third kappa shape index (κ3) is 3.43. The second-order valence-corrected chi connectivity index (χ2v) is 6.18. The van der Waals surface area contributed by atoms with Gasteiger partial charge in [0, 0.05) is 0 Å². The molecule has 5 unspecified atom stereocenters. The van der Waals surface area contributed by atoms with E-state index in [0.29, 0.717) is 0 Å². The molecule has 2 aliphatic rings. The summed E-state index contributed by atoms with van der Waals surface area (Å²) in [6, 6.07) is -1.24. The molecule has 0 aromatic rings. The first-order valence-electron chi connectivity index (χ1n) is 7.55. The van der Waals surface area contributed by atoms with E-state index in [0.717, 1.165) is 0 Å². The number of aliphatic hydroxyl groups excluding tert-OH is 7. The van der Waals surface area contributed by atoms with Gasteiger partial charge in [0.05, 0.1) is 19.3 Å². The Labute approximate surface area is 137 Å². The Morgan fingerprint density at radius 1 is 0.917 bits per heavy atom. The van der Waals surface area contributed by atoms with Crippen molar-refractivity contribution in [1.82, 2.24) is 0 Å². The maximum absolute atomic E-state index is 10.1. The smallest absolute Gasteiger partial charge is 0.197 e. The summed E-state index contributed by atoms with van der Waals surface area (Å²) >= 11 is 0. The van der Waals surface area contributed by atoms with Gasteiger partial charge in [-0.25, -0.2) is 0 Å². The van der Waals surface area contributed by atoms with Crippen molar-refractivity contribution >= 4 is 0 Å². The van der Waals surface area contributed by atoms with Crippen LogP contribution >= 0.6 is 0 Å². The van der Waals surface area contributed by atoms with E-state index in [1.54, 1.807) is 0 Å². The quantitative estimate of drug-likeness (QED) is 0.240. The van der Waals surface area contributed by atoms with E-state index in [2.05, 4.69) is 0 Å². The molecular weight excluding hydrogens is 330 g/mol. The van der Waals surface area contributed by atoms with Gasteiger partial charge in [-0.3, -0.25) is 0 Å². The van der Waals surface area contributed by atoms with E-state index in [4.69, 9.17) is 19.9 Å². The van der Waals surface area contributed by atoms with Gasteiger partial charge in [-0.15, -0.1) is 0 Å². The predicted octanol–water partition coefficient (Wildman–Crippen LogP) is -5.04. The number of ether oxygens (including phenoxy) is 3. The largest absolute Gasteiger partial charge is 0.394 e. The van der Waals surface area contributed by atoms with Crippen LogP contribution in [0.25, 0.3) is 0 Å². The van der Waals surface area contributed by atoms with Gasteiger partial charge in [-0.2, -0.15) is 0 Å². The molecule has 11 heteroatoms. The van der Waals surface area contributed by atoms with Gasteiger partial charge in [0.1, 0.15) is 42.7 Å². The molecule has 11 nitrogen and oxygen atoms in total. The summed E-state index contributed by atoms with van der Waals surface area (Å²) < 4.78 is 16.1. The normalized spacial score (nSPS) is 53.1. The molecule has 142 valence electrons. The summed E-state index contributed by atoms with van der Waals surface area (Å²) in [5, 5.41) is 67.8. The van der Waals surface area contributed by atoms with Crippen LogP contribution in [-0.2, 0) is 14.2 Å². The molecule has 9 N–H and O–H groups in total. The molecule has 2 saturated heterocycles. The van der Waals surface area contributed by atoms with E-state index in [9.17, 15) is 35.7 Å². The Hall–Kier alpha value is -0.440. The molecule has 2 fully saturated rings. The fourth-order valence-corrected chi connectivity index (χ4v) is 2.84. The van der Waals surface area contributed by atoms with Gasteiger partial charge < -0.3 is 55.7 Å². The summed E-state index contributed by atoms with van der Waals surface area (Å²) in [5.41, 5.74) is 5.74. The van der Waals surface area contributed by atoms with E-state index in [1.807, 2.05) is 0 Å². The minimum atomic E-state index is -1.93. The summed E-state index contributed by atoms with van der Waals surface area (Å²) in [5.74, 6) is -1.93. The molecule has 0 aromatic carbocycles. The molecule has 0 aromatic heterocycles. The van der Waals surface area contributed by atoms with Crippen LogP contribution in [0.3, 0.4) is 0 Å². The maximum atomic E-state index is 10.1. The summed E-state index contributed by atoms with van der Waals surface area (Å²) in [7, 11) is 0. The van der Waals surface area contributed by atoms with Crippen molar-refractivity contribution in [2.75, 3.05) is 13.2 Å². The highest BCUT2D eigenvalue weighted by Gasteiger charge is 2.55. The van der Waals surface area contributed by atoms with Crippen LogP contribution in [0, 0.1) is 0 Å². The van der Waals surface area contributed by atoms with Crippen molar-refractivity contribution in [2.24, 2.45) is 5.73 Å². The molecule has 0 aliphatic carbocycles. The molecule has 0 saturated carbocycles. The van der Waals surface area contributed by atoms with Gasteiger partial charge >= 0.3 is 0 Å². The van der Waals surface area contributed by atoms with E-state index in [-0.39, 0.29) is 0 Å². The van der Waals surface area contributed by atoms with Crippen molar-refractivity contribution in [3.63, 3.8) is 0 Å². The maximum Gasteiger partial charge on any atom is 0.197 e. The second-order valence-electron chi connectivity index (χ2n) is 6.18. The number of hydrogen-bond acceptors (Lipinski definition) is 11. The van der Waals surface area contributed by atoms with Gasteiger partial charge in [-0.05, 0) is 6.92 Å². The highest BCUT2D eigenvalue weighted by atomic mass is 16.8. The van der Waals surface area contributed by atoms with Gasteiger partial charge in [-0.1, -0.05) is 0 Å². The highest BCUT2D eigenvalue weighted by Crippen LogP contribution is 2.34. The van der Waals surface area contributed by atoms with Crippen LogP contribution in [0.5, 0.6) is 0 Å². The Morgan fingerprint density at radius 2 is 1.46 bits per heavy atom. The first-order chi connectivity index (χ1) is 11.2. The first kappa shape index (κ1) is 19.9. The minimum absolute atomic E-state index is 0.620. The average Bonchev–Trinajstić information content (AvgIpc) is 2.57. The van der Waals surface area contributed by atoms with Crippen LogP contribution in [0.1, 0.15) is 6.92 Å². The number of nitrogens with two attached hydrogens (primary N) is 1. The molecule has 2 aliphatic heterocycles. The van der Waals surface area contributed by atoms with Crippen molar-refractivity contribution in [3.05, 3.63) is 0 Å². The van der Waals surface area contributed by atoms with Gasteiger partial charge in [0.15, 0.2) is 12.1 Å². The van der Waals surface area contributed by atoms with Crippen molar-refractivity contribution in [1.29, 1.82) is 0 Å². The Morgan fingerprint density at radius 3 is 2.00 bits per heavy atom. The number of rotatable bonds is 4. The van der Waals surface area contributed by atoms with Crippen LogP contribution in [0.2, 0.25) is 0 Å². The molecular formula is C13H25NO10. The Balaban J connectivity index is 2.18. The lowest BCUT2D eigenvalue weighted by Gasteiger charge is -2.49. The molecule has 0 spiro atoms. The standard InChI is InChI=1S/C13H25NO10/c1-13(11(21)10(20)8(18)5(3-16)23-13)24-12-6(14)9(19)7(17)4(2-15)22-12/h4-12,15-21H,2-3,14H2,1H3/t4?,5?,6?,7-,8-,9?,10+,11?,12-,13-/m1/s1. The number of hydrogen-bond donors (Lipinski definition) is 8. The zero-order valence-corrected chi connectivity index (χ0v) is 13.0. The molecule has 0 bridgehead atoms.